The maximum absolute atomic E-state index is 11.9. The van der Waals surface area contributed by atoms with Crippen LogP contribution in [0.25, 0.3) is 22.3 Å². The summed E-state index contributed by atoms with van der Waals surface area (Å²) in [5.74, 6) is 0.630. The maximum Gasteiger partial charge on any atom is 0.228 e. The van der Waals surface area contributed by atoms with Crippen molar-refractivity contribution < 1.29 is 18.3 Å². The summed E-state index contributed by atoms with van der Waals surface area (Å²) in [6.07, 6.45) is 4.40. The molecule has 11 heteroatoms. The van der Waals surface area contributed by atoms with Gasteiger partial charge >= 0.3 is 0 Å². The van der Waals surface area contributed by atoms with Crippen molar-refractivity contribution >= 4 is 27.0 Å². The molecule has 3 aromatic rings. The normalized spacial score (nSPS) is 18.8. The highest BCUT2D eigenvalue weighted by atomic mass is 32.2. The van der Waals surface area contributed by atoms with Crippen LogP contribution >= 0.6 is 0 Å². The minimum absolute atomic E-state index is 0.0451. The number of aromatic nitrogens is 4. The first kappa shape index (κ1) is 22.2. The van der Waals surface area contributed by atoms with Gasteiger partial charge in [-0.1, -0.05) is 18.2 Å². The van der Waals surface area contributed by atoms with Crippen LogP contribution in [-0.4, -0.2) is 83.2 Å². The fourth-order valence-corrected chi connectivity index (χ4v) is 5.42. The molecule has 2 aliphatic heterocycles. The third kappa shape index (κ3) is 4.45. The molecule has 33 heavy (non-hydrogen) atoms. The number of sulfonamides is 1. The van der Waals surface area contributed by atoms with Gasteiger partial charge in [0.05, 0.1) is 49.4 Å². The lowest BCUT2D eigenvalue weighted by molar-refractivity contribution is 0.122. The van der Waals surface area contributed by atoms with Crippen LogP contribution in [0.2, 0.25) is 0 Å². The van der Waals surface area contributed by atoms with Crippen LogP contribution in [0.4, 0.5) is 5.95 Å². The molecule has 0 amide bonds. The van der Waals surface area contributed by atoms with Gasteiger partial charge in [0.1, 0.15) is 0 Å². The maximum atomic E-state index is 11.9. The van der Waals surface area contributed by atoms with Gasteiger partial charge in [-0.25, -0.2) is 22.4 Å². The monoisotopic (exact) mass is 472 g/mol. The quantitative estimate of drug-likeness (QED) is 0.593. The van der Waals surface area contributed by atoms with Gasteiger partial charge in [0.2, 0.25) is 16.0 Å². The third-order valence-corrected chi connectivity index (χ3v) is 7.66. The largest absolute Gasteiger partial charge is 0.392 e. The van der Waals surface area contributed by atoms with Gasteiger partial charge < -0.3 is 14.7 Å². The van der Waals surface area contributed by atoms with Gasteiger partial charge in [0.25, 0.3) is 0 Å². The van der Waals surface area contributed by atoms with Crippen molar-refractivity contribution in [1.82, 2.24) is 24.1 Å². The summed E-state index contributed by atoms with van der Waals surface area (Å²) in [5.41, 5.74) is 3.23. The lowest BCUT2D eigenvalue weighted by Crippen LogP contribution is -2.38. The van der Waals surface area contributed by atoms with Crippen molar-refractivity contribution in [2.45, 2.75) is 25.5 Å². The molecule has 10 nitrogen and oxygen atoms in total. The molecule has 0 bridgehead atoms. The first-order valence-electron chi connectivity index (χ1n) is 11.2. The zero-order valence-electron chi connectivity index (χ0n) is 18.6. The number of piperidine rings is 1. The molecule has 2 fully saturated rings. The number of ether oxygens (including phenoxy) is 1. The zero-order chi connectivity index (χ0) is 23.0. The molecular weight excluding hydrogens is 444 g/mol. The van der Waals surface area contributed by atoms with Crippen LogP contribution in [0, 0.1) is 0 Å². The Balaban J connectivity index is 1.58. The van der Waals surface area contributed by atoms with Crippen LogP contribution in [0.3, 0.4) is 0 Å². The number of anilines is 1. The van der Waals surface area contributed by atoms with Crippen molar-refractivity contribution in [2.75, 3.05) is 50.5 Å². The Morgan fingerprint density at radius 2 is 1.88 bits per heavy atom. The minimum Gasteiger partial charge on any atom is -0.392 e. The topological polar surface area (TPSA) is 114 Å². The SMILES string of the molecule is CS(=O)(=O)N1CCC(n2ncc3c(-c4cccc(CO)c4)nc(N4CCOCC4)nc32)CC1. The second kappa shape index (κ2) is 8.98. The predicted molar refractivity (Wildman–Crippen MR) is 124 cm³/mol. The number of rotatable bonds is 5. The molecule has 2 aromatic heterocycles. The highest BCUT2D eigenvalue weighted by Gasteiger charge is 2.28. The molecule has 0 unspecified atom stereocenters. The fourth-order valence-electron chi connectivity index (χ4n) is 4.54. The van der Waals surface area contributed by atoms with Gasteiger partial charge in [-0.3, -0.25) is 0 Å². The first-order chi connectivity index (χ1) is 15.9. The molecule has 2 aliphatic rings. The van der Waals surface area contributed by atoms with Crippen molar-refractivity contribution in [3.8, 4) is 11.3 Å². The Labute approximate surface area is 192 Å². The average molecular weight is 473 g/mol. The number of hydrogen-bond donors (Lipinski definition) is 1. The lowest BCUT2D eigenvalue weighted by Gasteiger charge is -2.30. The van der Waals surface area contributed by atoms with Gasteiger partial charge in [-0.05, 0) is 24.5 Å². The number of morpholine rings is 1. The molecule has 2 saturated heterocycles. The Morgan fingerprint density at radius 1 is 1.12 bits per heavy atom. The van der Waals surface area contributed by atoms with Crippen molar-refractivity contribution in [3.63, 3.8) is 0 Å². The van der Waals surface area contributed by atoms with Gasteiger partial charge in [-0.15, -0.1) is 0 Å². The summed E-state index contributed by atoms with van der Waals surface area (Å²) in [5, 5.41) is 15.1. The predicted octanol–water partition coefficient (Wildman–Crippen LogP) is 1.42. The number of benzene rings is 1. The van der Waals surface area contributed by atoms with Gasteiger partial charge in [0.15, 0.2) is 5.65 Å². The number of fused-ring (bicyclic) bond motifs is 1. The highest BCUT2D eigenvalue weighted by Crippen LogP contribution is 2.32. The van der Waals surface area contributed by atoms with E-state index in [-0.39, 0.29) is 12.6 Å². The summed E-state index contributed by atoms with van der Waals surface area (Å²) in [6, 6.07) is 7.77. The van der Waals surface area contributed by atoms with Crippen LogP contribution in [0.5, 0.6) is 0 Å². The van der Waals surface area contributed by atoms with Crippen molar-refractivity contribution in [3.05, 3.63) is 36.0 Å². The molecule has 1 aromatic carbocycles. The molecule has 5 rings (SSSR count). The number of nitrogens with zero attached hydrogens (tertiary/aromatic N) is 6. The molecule has 0 radical (unpaired) electrons. The van der Waals surface area contributed by atoms with E-state index in [1.165, 1.54) is 10.6 Å². The third-order valence-electron chi connectivity index (χ3n) is 6.36. The van der Waals surface area contributed by atoms with E-state index >= 15 is 0 Å². The molecule has 1 N–H and O–H groups in total. The van der Waals surface area contributed by atoms with Crippen molar-refractivity contribution in [2.24, 2.45) is 0 Å². The van der Waals surface area contributed by atoms with E-state index < -0.39 is 10.0 Å². The van der Waals surface area contributed by atoms with E-state index in [0.29, 0.717) is 58.2 Å². The van der Waals surface area contributed by atoms with Crippen LogP contribution in [-0.2, 0) is 21.4 Å². The summed E-state index contributed by atoms with van der Waals surface area (Å²) in [4.78, 5) is 11.9. The first-order valence-corrected chi connectivity index (χ1v) is 13.0. The molecule has 4 heterocycles. The standard InChI is InChI=1S/C22H28N6O4S/c1-33(30,31)27-7-5-18(6-8-27)28-21-19(14-23-28)20(17-4-2-3-16(13-17)15-29)24-22(25-21)26-9-11-32-12-10-26/h2-4,13-14,18,29H,5-12,15H2,1H3. The molecule has 0 atom stereocenters. The Morgan fingerprint density at radius 3 is 2.58 bits per heavy atom. The van der Waals surface area contributed by atoms with Crippen molar-refractivity contribution in [1.29, 1.82) is 0 Å². The summed E-state index contributed by atoms with van der Waals surface area (Å²) in [6.45, 7) is 3.57. The van der Waals surface area contributed by atoms with E-state index in [9.17, 15) is 13.5 Å². The average Bonchev–Trinajstić information content (AvgIpc) is 3.27. The Kier molecular flexibility index (Phi) is 6.04. The smallest absolute Gasteiger partial charge is 0.228 e. The number of aliphatic hydroxyl groups is 1. The van der Waals surface area contributed by atoms with E-state index in [2.05, 4.69) is 10.00 Å². The number of hydrogen-bond acceptors (Lipinski definition) is 8. The van der Waals surface area contributed by atoms with Gasteiger partial charge in [0, 0.05) is 31.7 Å². The summed E-state index contributed by atoms with van der Waals surface area (Å²) >= 11 is 0. The Bertz CT molecular complexity index is 1250. The van der Waals surface area contributed by atoms with Gasteiger partial charge in [-0.2, -0.15) is 10.1 Å². The van der Waals surface area contributed by atoms with Crippen LogP contribution in [0.15, 0.2) is 30.5 Å². The zero-order valence-corrected chi connectivity index (χ0v) is 19.4. The number of aliphatic hydroxyl groups excluding tert-OH is 1. The van der Waals surface area contributed by atoms with E-state index in [1.54, 1.807) is 6.20 Å². The summed E-state index contributed by atoms with van der Waals surface area (Å²) < 4.78 is 32.8. The second-order valence-electron chi connectivity index (χ2n) is 8.55. The Hall–Kier alpha value is -2.60. The second-order valence-corrected chi connectivity index (χ2v) is 10.5. The van der Waals surface area contributed by atoms with E-state index in [0.717, 1.165) is 27.9 Å². The highest BCUT2D eigenvalue weighted by molar-refractivity contribution is 7.88. The van der Waals surface area contributed by atoms with E-state index in [1.807, 2.05) is 28.9 Å². The fraction of sp³-hybridized carbons (Fsp3) is 0.500. The summed E-state index contributed by atoms with van der Waals surface area (Å²) in [7, 11) is -3.19. The lowest BCUT2D eigenvalue weighted by atomic mass is 10.1. The minimum atomic E-state index is -3.19. The molecule has 176 valence electrons. The van der Waals surface area contributed by atoms with Crippen LogP contribution in [0.1, 0.15) is 24.4 Å². The molecule has 0 saturated carbocycles. The molecule has 0 spiro atoms. The van der Waals surface area contributed by atoms with Crippen LogP contribution < -0.4 is 4.90 Å². The molecule has 0 aliphatic carbocycles. The van der Waals surface area contributed by atoms with E-state index in [4.69, 9.17) is 14.7 Å². The molecular formula is C22H28N6O4S.